The van der Waals surface area contributed by atoms with E-state index in [0.29, 0.717) is 0 Å². The molecule has 0 amide bonds. The van der Waals surface area contributed by atoms with Crippen molar-refractivity contribution < 1.29 is 9.53 Å². The molecule has 0 spiro atoms. The minimum atomic E-state index is -0.120. The van der Waals surface area contributed by atoms with E-state index < -0.39 is 0 Å². The van der Waals surface area contributed by atoms with Gasteiger partial charge in [0.25, 0.3) is 0 Å². The van der Waals surface area contributed by atoms with Crippen molar-refractivity contribution in [2.75, 3.05) is 7.11 Å². The Morgan fingerprint density at radius 1 is 1.60 bits per heavy atom. The third-order valence-electron chi connectivity index (χ3n) is 2.44. The number of hydrogen-bond donors (Lipinski definition) is 0. The minimum Gasteiger partial charge on any atom is -0.468 e. The molecule has 1 aliphatic heterocycles. The Bertz CT molecular complexity index is 392. The fourth-order valence-corrected chi connectivity index (χ4v) is 3.40. The third-order valence-corrected chi connectivity index (χ3v) is 4.28. The lowest BCUT2D eigenvalue weighted by Crippen LogP contribution is -2.22. The van der Waals surface area contributed by atoms with Crippen molar-refractivity contribution in [1.82, 2.24) is 0 Å². The lowest BCUT2D eigenvalue weighted by atomic mass is 10.1. The van der Waals surface area contributed by atoms with E-state index in [4.69, 9.17) is 4.74 Å². The van der Waals surface area contributed by atoms with E-state index in [1.54, 1.807) is 11.8 Å². The Labute approximate surface area is 102 Å². The van der Waals surface area contributed by atoms with Gasteiger partial charge in [-0.2, -0.15) is 0 Å². The van der Waals surface area contributed by atoms with Crippen molar-refractivity contribution in [3.05, 3.63) is 28.2 Å². The van der Waals surface area contributed by atoms with E-state index in [2.05, 4.69) is 28.1 Å². The average molecular weight is 287 g/mol. The molecular formula is C11H11BrO2S. The fourth-order valence-electron chi connectivity index (χ4n) is 1.64. The molecule has 0 aromatic heterocycles. The molecule has 80 valence electrons. The second-order valence-electron chi connectivity index (χ2n) is 3.42. The summed E-state index contributed by atoms with van der Waals surface area (Å²) in [6.07, 6.45) is 1.82. The number of halogens is 1. The van der Waals surface area contributed by atoms with E-state index in [9.17, 15) is 4.79 Å². The number of carbonyl (C=O) groups excluding carboxylic acids is 1. The number of aryl methyl sites for hydroxylation is 1. The zero-order chi connectivity index (χ0) is 10.8. The summed E-state index contributed by atoms with van der Waals surface area (Å²) >= 11 is 5.03. The van der Waals surface area contributed by atoms with Crippen molar-refractivity contribution in [1.29, 1.82) is 0 Å². The van der Waals surface area contributed by atoms with Crippen LogP contribution in [0.25, 0.3) is 0 Å². The Hall–Kier alpha value is -0.480. The van der Waals surface area contributed by atoms with Gasteiger partial charge in [-0.15, -0.1) is 11.8 Å². The third kappa shape index (κ3) is 2.37. The van der Waals surface area contributed by atoms with Gasteiger partial charge in [-0.05, 0) is 30.5 Å². The zero-order valence-corrected chi connectivity index (χ0v) is 10.7. The zero-order valence-electron chi connectivity index (χ0n) is 8.33. The van der Waals surface area contributed by atoms with Crippen LogP contribution in [0.3, 0.4) is 0 Å². The SMILES string of the molecule is COC(=O)C1CCc2ccc(Br)cc2S1. The Morgan fingerprint density at radius 2 is 2.40 bits per heavy atom. The van der Waals surface area contributed by atoms with Gasteiger partial charge < -0.3 is 4.74 Å². The van der Waals surface area contributed by atoms with Gasteiger partial charge in [-0.25, -0.2) is 0 Å². The molecule has 0 fully saturated rings. The molecular weight excluding hydrogens is 276 g/mol. The summed E-state index contributed by atoms with van der Waals surface area (Å²) in [6.45, 7) is 0. The highest BCUT2D eigenvalue weighted by molar-refractivity contribution is 9.10. The molecule has 2 rings (SSSR count). The molecule has 1 aromatic carbocycles. The minimum absolute atomic E-state index is 0.0446. The smallest absolute Gasteiger partial charge is 0.319 e. The number of thioether (sulfide) groups is 1. The van der Waals surface area contributed by atoms with Crippen molar-refractivity contribution in [3.8, 4) is 0 Å². The molecule has 0 radical (unpaired) electrons. The quantitative estimate of drug-likeness (QED) is 0.743. The first-order valence-corrected chi connectivity index (χ1v) is 6.41. The molecule has 2 nitrogen and oxygen atoms in total. The van der Waals surface area contributed by atoms with Gasteiger partial charge >= 0.3 is 5.97 Å². The first kappa shape index (κ1) is 11.0. The highest BCUT2D eigenvalue weighted by Gasteiger charge is 2.25. The number of hydrogen-bond acceptors (Lipinski definition) is 3. The van der Waals surface area contributed by atoms with E-state index in [1.807, 2.05) is 6.07 Å². The molecule has 15 heavy (non-hydrogen) atoms. The van der Waals surface area contributed by atoms with Crippen LogP contribution >= 0.6 is 27.7 Å². The first-order chi connectivity index (χ1) is 7.20. The summed E-state index contributed by atoms with van der Waals surface area (Å²) in [4.78, 5) is 12.6. The Balaban J connectivity index is 2.22. The van der Waals surface area contributed by atoms with Crippen molar-refractivity contribution in [3.63, 3.8) is 0 Å². The second-order valence-corrected chi connectivity index (χ2v) is 5.58. The van der Waals surface area contributed by atoms with Gasteiger partial charge in [0.1, 0.15) is 5.25 Å². The topological polar surface area (TPSA) is 26.3 Å². The molecule has 1 unspecified atom stereocenters. The maximum atomic E-state index is 11.4. The van der Waals surface area contributed by atoms with Crippen molar-refractivity contribution >= 4 is 33.7 Å². The first-order valence-electron chi connectivity index (χ1n) is 4.73. The van der Waals surface area contributed by atoms with Gasteiger partial charge in [-0.3, -0.25) is 4.79 Å². The monoisotopic (exact) mass is 286 g/mol. The number of esters is 1. The van der Waals surface area contributed by atoms with Gasteiger partial charge in [0, 0.05) is 9.37 Å². The molecule has 0 N–H and O–H groups in total. The highest BCUT2D eigenvalue weighted by atomic mass is 79.9. The van der Waals surface area contributed by atoms with E-state index in [-0.39, 0.29) is 11.2 Å². The summed E-state index contributed by atoms with van der Waals surface area (Å²) in [5.41, 5.74) is 1.32. The molecule has 0 bridgehead atoms. The Kier molecular flexibility index (Phi) is 3.36. The predicted octanol–water partition coefficient (Wildman–Crippen LogP) is 3.03. The number of methoxy groups -OCH3 is 1. The van der Waals surface area contributed by atoms with E-state index in [1.165, 1.54) is 17.6 Å². The van der Waals surface area contributed by atoms with Gasteiger partial charge in [-0.1, -0.05) is 22.0 Å². The average Bonchev–Trinajstić information content (AvgIpc) is 2.27. The van der Waals surface area contributed by atoms with Crippen LogP contribution in [0.4, 0.5) is 0 Å². The number of ether oxygens (including phenoxy) is 1. The summed E-state index contributed by atoms with van der Waals surface area (Å²) in [5, 5.41) is -0.0446. The molecule has 1 atom stereocenters. The van der Waals surface area contributed by atoms with E-state index >= 15 is 0 Å². The normalized spacial score (nSPS) is 19.5. The van der Waals surface area contributed by atoms with Crippen LogP contribution < -0.4 is 0 Å². The molecule has 1 aliphatic rings. The number of benzene rings is 1. The van der Waals surface area contributed by atoms with Crippen LogP contribution in [0, 0.1) is 0 Å². The number of carbonyl (C=O) groups is 1. The van der Waals surface area contributed by atoms with Crippen LogP contribution in [0.15, 0.2) is 27.6 Å². The van der Waals surface area contributed by atoms with Gasteiger partial charge in [0.05, 0.1) is 7.11 Å². The largest absolute Gasteiger partial charge is 0.468 e. The maximum absolute atomic E-state index is 11.4. The maximum Gasteiger partial charge on any atom is 0.319 e. The summed E-state index contributed by atoms with van der Waals surface area (Å²) < 4.78 is 5.82. The molecule has 0 saturated heterocycles. The number of fused-ring (bicyclic) bond motifs is 1. The van der Waals surface area contributed by atoms with Crippen LogP contribution in [-0.4, -0.2) is 18.3 Å². The molecule has 0 saturated carbocycles. The molecule has 1 heterocycles. The molecule has 4 heteroatoms. The fraction of sp³-hybridized carbons (Fsp3) is 0.364. The highest BCUT2D eigenvalue weighted by Crippen LogP contribution is 2.37. The standard InChI is InChI=1S/C11H11BrO2S/c1-14-11(13)9-5-3-7-2-4-8(12)6-10(7)15-9/h2,4,6,9H,3,5H2,1H3. The van der Waals surface area contributed by atoms with Crippen LogP contribution in [0.1, 0.15) is 12.0 Å². The van der Waals surface area contributed by atoms with Crippen LogP contribution in [-0.2, 0) is 16.0 Å². The summed E-state index contributed by atoms with van der Waals surface area (Å²) in [7, 11) is 1.44. The summed E-state index contributed by atoms with van der Waals surface area (Å²) in [6, 6.07) is 6.22. The van der Waals surface area contributed by atoms with Crippen molar-refractivity contribution in [2.24, 2.45) is 0 Å². The number of rotatable bonds is 1. The van der Waals surface area contributed by atoms with Crippen LogP contribution in [0.5, 0.6) is 0 Å². The van der Waals surface area contributed by atoms with E-state index in [0.717, 1.165) is 17.3 Å². The lowest BCUT2D eigenvalue weighted by Gasteiger charge is -2.22. The van der Waals surface area contributed by atoms with Crippen molar-refractivity contribution in [2.45, 2.75) is 23.0 Å². The predicted molar refractivity (Wildman–Crippen MR) is 64.1 cm³/mol. The summed E-state index contributed by atoms with van der Waals surface area (Å²) in [5.74, 6) is -0.120. The van der Waals surface area contributed by atoms with Gasteiger partial charge in [0.15, 0.2) is 0 Å². The molecule has 0 aliphatic carbocycles. The van der Waals surface area contributed by atoms with Crippen LogP contribution in [0.2, 0.25) is 0 Å². The lowest BCUT2D eigenvalue weighted by molar-refractivity contribution is -0.140. The molecule has 1 aromatic rings. The second kappa shape index (κ2) is 4.58. The van der Waals surface area contributed by atoms with Gasteiger partial charge in [0.2, 0.25) is 0 Å². The Morgan fingerprint density at radius 3 is 3.13 bits per heavy atom.